The Morgan fingerprint density at radius 1 is 0.912 bits per heavy atom. The third-order valence-corrected chi connectivity index (χ3v) is 6.12. The minimum atomic E-state index is -1.01. The van der Waals surface area contributed by atoms with E-state index >= 15 is 0 Å². The summed E-state index contributed by atoms with van der Waals surface area (Å²) >= 11 is 0. The van der Waals surface area contributed by atoms with Gasteiger partial charge in [0.2, 0.25) is 0 Å². The first kappa shape index (κ1) is 25.4. The van der Waals surface area contributed by atoms with Gasteiger partial charge in [0, 0.05) is 35.8 Å². The van der Waals surface area contributed by atoms with E-state index in [1.807, 2.05) is 12.1 Å². The maximum absolute atomic E-state index is 12.3. The number of rotatable bonds is 7. The van der Waals surface area contributed by atoms with Crippen LogP contribution in [0.5, 0.6) is 0 Å². The third-order valence-electron chi connectivity index (χ3n) is 6.12. The highest BCUT2D eigenvalue weighted by Crippen LogP contribution is 2.17. The molecule has 34 heavy (non-hydrogen) atoms. The van der Waals surface area contributed by atoms with Gasteiger partial charge >= 0.3 is 0 Å². The molecular formula is C27H34N4O3. The lowest BCUT2D eigenvalue weighted by molar-refractivity contribution is -0.130. The molecule has 180 valence electrons. The number of carbonyl (C=O) groups excluding carboxylic acids is 2. The molecule has 2 aromatic carbocycles. The molecule has 7 heteroatoms. The average molecular weight is 463 g/mol. The Morgan fingerprint density at radius 2 is 1.47 bits per heavy atom. The topological polar surface area (TPSA) is 116 Å². The van der Waals surface area contributed by atoms with Gasteiger partial charge < -0.3 is 16.4 Å². The van der Waals surface area contributed by atoms with E-state index in [4.69, 9.17) is 10.9 Å². The molecule has 0 aliphatic heterocycles. The fourth-order valence-electron chi connectivity index (χ4n) is 4.03. The van der Waals surface area contributed by atoms with E-state index in [1.54, 1.807) is 24.3 Å². The smallest absolute Gasteiger partial charge is 0.267 e. The second-order valence-electron chi connectivity index (χ2n) is 8.69. The van der Waals surface area contributed by atoms with Crippen LogP contribution in [0.1, 0.15) is 72.0 Å². The van der Waals surface area contributed by atoms with Crippen molar-refractivity contribution in [3.8, 4) is 11.8 Å². The molecule has 1 fully saturated rings. The molecule has 3 rings (SSSR count). The zero-order valence-corrected chi connectivity index (χ0v) is 19.5. The SMILES string of the molecule is NC[C@H](NC(=O)c1ccc(C#Cc2ccc(CNC3CCCCCCC3)cc2)cc1)C(=O)NO. The van der Waals surface area contributed by atoms with Gasteiger partial charge in [-0.1, -0.05) is 56.1 Å². The summed E-state index contributed by atoms with van der Waals surface area (Å²) in [7, 11) is 0. The molecular weight excluding hydrogens is 428 g/mol. The van der Waals surface area contributed by atoms with Crippen molar-refractivity contribution in [1.82, 2.24) is 16.1 Å². The van der Waals surface area contributed by atoms with Crippen LogP contribution >= 0.6 is 0 Å². The summed E-state index contributed by atoms with van der Waals surface area (Å²) < 4.78 is 0. The number of amides is 2. The number of nitrogens with one attached hydrogen (secondary N) is 3. The van der Waals surface area contributed by atoms with Gasteiger partial charge in [-0.25, -0.2) is 5.48 Å². The molecule has 1 aliphatic rings. The van der Waals surface area contributed by atoms with E-state index in [0.717, 1.165) is 17.7 Å². The van der Waals surface area contributed by atoms with Gasteiger partial charge in [-0.05, 0) is 54.8 Å². The van der Waals surface area contributed by atoms with Crippen molar-refractivity contribution in [3.63, 3.8) is 0 Å². The molecule has 0 unspecified atom stereocenters. The van der Waals surface area contributed by atoms with Crippen LogP contribution in [0.15, 0.2) is 48.5 Å². The Bertz CT molecular complexity index is 985. The van der Waals surface area contributed by atoms with Crippen LogP contribution in [0.4, 0.5) is 0 Å². The van der Waals surface area contributed by atoms with E-state index in [0.29, 0.717) is 11.6 Å². The lowest BCUT2D eigenvalue weighted by Gasteiger charge is -2.21. The van der Waals surface area contributed by atoms with Crippen molar-refractivity contribution in [2.75, 3.05) is 6.54 Å². The Hall–Kier alpha value is -3.18. The van der Waals surface area contributed by atoms with E-state index in [9.17, 15) is 9.59 Å². The van der Waals surface area contributed by atoms with Crippen LogP contribution in [0, 0.1) is 11.8 Å². The first-order chi connectivity index (χ1) is 16.6. The third kappa shape index (κ3) is 7.99. The van der Waals surface area contributed by atoms with Gasteiger partial charge in [-0.2, -0.15) is 0 Å². The van der Waals surface area contributed by atoms with Gasteiger partial charge in [0.1, 0.15) is 6.04 Å². The molecule has 2 amide bonds. The van der Waals surface area contributed by atoms with Gasteiger partial charge in [0.25, 0.3) is 11.8 Å². The maximum Gasteiger partial charge on any atom is 0.267 e. The van der Waals surface area contributed by atoms with Gasteiger partial charge in [0.15, 0.2) is 0 Å². The lowest BCUT2D eigenvalue weighted by Crippen LogP contribution is -2.50. The lowest BCUT2D eigenvalue weighted by atomic mass is 9.96. The standard InChI is InChI=1S/C27H34N4O3/c28-18-25(27(33)31-34)30-26(32)23-16-14-21(15-17-23)9-8-20-10-12-22(13-11-20)19-29-24-6-4-2-1-3-5-7-24/h10-17,24-25,29,34H,1-7,18-19,28H2,(H,30,32)(H,31,33)/t25-/m0/s1. The predicted octanol–water partition coefficient (Wildman–Crippen LogP) is 2.85. The monoisotopic (exact) mass is 462 g/mol. The van der Waals surface area contributed by atoms with Crippen LogP contribution < -0.4 is 21.8 Å². The highest BCUT2D eigenvalue weighted by Gasteiger charge is 2.19. The van der Waals surface area contributed by atoms with Crippen LogP contribution in [-0.2, 0) is 11.3 Å². The summed E-state index contributed by atoms with van der Waals surface area (Å²) in [6.45, 7) is 0.754. The van der Waals surface area contributed by atoms with Crippen molar-refractivity contribution >= 4 is 11.8 Å². The minimum absolute atomic E-state index is 0.128. The Kier molecular flexibility index (Phi) is 10.1. The van der Waals surface area contributed by atoms with Gasteiger partial charge in [-0.15, -0.1) is 0 Å². The molecule has 0 spiro atoms. The second-order valence-corrected chi connectivity index (χ2v) is 8.69. The average Bonchev–Trinajstić information content (AvgIpc) is 2.85. The van der Waals surface area contributed by atoms with Gasteiger partial charge in [0.05, 0.1) is 0 Å². The number of carbonyl (C=O) groups is 2. The maximum atomic E-state index is 12.3. The molecule has 7 nitrogen and oxygen atoms in total. The van der Waals surface area contributed by atoms with Crippen LogP contribution in [0.25, 0.3) is 0 Å². The number of benzene rings is 2. The Labute approximate surface area is 201 Å². The summed E-state index contributed by atoms with van der Waals surface area (Å²) in [5, 5.41) is 14.9. The summed E-state index contributed by atoms with van der Waals surface area (Å²) in [4.78, 5) is 23.7. The van der Waals surface area contributed by atoms with E-state index in [2.05, 4.69) is 34.6 Å². The van der Waals surface area contributed by atoms with Crippen molar-refractivity contribution < 1.29 is 14.8 Å². The molecule has 0 bridgehead atoms. The highest BCUT2D eigenvalue weighted by molar-refractivity contribution is 5.97. The number of nitrogens with two attached hydrogens (primary N) is 1. The van der Waals surface area contributed by atoms with Crippen molar-refractivity contribution in [2.24, 2.45) is 5.73 Å². The Morgan fingerprint density at radius 3 is 2.03 bits per heavy atom. The summed E-state index contributed by atoms with van der Waals surface area (Å²) in [6.07, 6.45) is 9.31. The number of hydroxylamine groups is 1. The largest absolute Gasteiger partial charge is 0.339 e. The van der Waals surface area contributed by atoms with Crippen molar-refractivity contribution in [3.05, 3.63) is 70.8 Å². The van der Waals surface area contributed by atoms with Gasteiger partial charge in [-0.3, -0.25) is 14.8 Å². The molecule has 1 aliphatic carbocycles. The van der Waals surface area contributed by atoms with Crippen LogP contribution in [0.3, 0.4) is 0 Å². The fraction of sp³-hybridized carbons (Fsp3) is 0.407. The summed E-state index contributed by atoms with van der Waals surface area (Å²) in [5.41, 5.74) is 10.3. The molecule has 1 atom stereocenters. The van der Waals surface area contributed by atoms with Crippen LogP contribution in [0.2, 0.25) is 0 Å². The minimum Gasteiger partial charge on any atom is -0.339 e. The highest BCUT2D eigenvalue weighted by atomic mass is 16.5. The molecule has 0 heterocycles. The van der Waals surface area contributed by atoms with Crippen LogP contribution in [-0.4, -0.2) is 35.7 Å². The molecule has 0 aromatic heterocycles. The normalized spacial score (nSPS) is 15.2. The van der Waals surface area contributed by atoms with E-state index in [1.165, 1.54) is 56.0 Å². The van der Waals surface area contributed by atoms with Crippen molar-refractivity contribution in [2.45, 2.75) is 63.6 Å². The molecule has 6 N–H and O–H groups in total. The quantitative estimate of drug-likeness (QED) is 0.246. The molecule has 1 saturated carbocycles. The number of hydrogen-bond donors (Lipinski definition) is 5. The zero-order valence-electron chi connectivity index (χ0n) is 19.5. The first-order valence-electron chi connectivity index (χ1n) is 12.0. The fourth-order valence-corrected chi connectivity index (χ4v) is 4.03. The molecule has 2 aromatic rings. The first-order valence-corrected chi connectivity index (χ1v) is 12.0. The zero-order chi connectivity index (χ0) is 24.2. The second kappa shape index (κ2) is 13.5. The predicted molar refractivity (Wildman–Crippen MR) is 132 cm³/mol. The summed E-state index contributed by atoms with van der Waals surface area (Å²) in [5.74, 6) is 5.04. The summed E-state index contributed by atoms with van der Waals surface area (Å²) in [6, 6.07) is 14.7. The number of hydrogen-bond acceptors (Lipinski definition) is 5. The molecule has 0 radical (unpaired) electrons. The van der Waals surface area contributed by atoms with E-state index < -0.39 is 17.9 Å². The van der Waals surface area contributed by atoms with Crippen molar-refractivity contribution in [1.29, 1.82) is 0 Å². The molecule has 0 saturated heterocycles. The Balaban J connectivity index is 1.52. The van der Waals surface area contributed by atoms with E-state index in [-0.39, 0.29) is 6.54 Å².